The monoisotopic (exact) mass is 855 g/mol. The van der Waals surface area contributed by atoms with Gasteiger partial charge in [-0.2, -0.15) is 5.10 Å². The largest absolute Gasteiger partial charge is 0.494 e. The number of aromatic nitrogens is 1. The predicted molar refractivity (Wildman–Crippen MR) is 247 cm³/mol. The van der Waals surface area contributed by atoms with Gasteiger partial charge in [-0.3, -0.25) is 0 Å². The number of benzene rings is 4. The fourth-order valence-corrected chi connectivity index (χ4v) is 7.54. The van der Waals surface area contributed by atoms with Crippen molar-refractivity contribution in [1.82, 2.24) is 4.98 Å². The van der Waals surface area contributed by atoms with Crippen LogP contribution >= 0.6 is 11.3 Å². The topological polar surface area (TPSA) is 126 Å². The number of fused-ring (bicyclic) bond motifs is 2. The first-order valence-electron chi connectivity index (χ1n) is 21.1. The van der Waals surface area contributed by atoms with Gasteiger partial charge in [0.05, 0.1) is 46.9 Å². The Bertz CT molecular complexity index is 2390. The summed E-state index contributed by atoms with van der Waals surface area (Å²) in [7, 11) is 1.79. The van der Waals surface area contributed by atoms with Crippen LogP contribution in [0.25, 0.3) is 21.0 Å². The highest BCUT2D eigenvalue weighted by molar-refractivity contribution is 7.22. The van der Waals surface area contributed by atoms with Crippen LogP contribution in [0, 0.1) is 0 Å². The van der Waals surface area contributed by atoms with Crippen LogP contribution in [0.4, 0.5) is 5.13 Å². The maximum Gasteiger partial charge on any atom is 0.343 e. The van der Waals surface area contributed by atoms with Gasteiger partial charge in [-0.25, -0.2) is 24.4 Å². The lowest BCUT2D eigenvalue weighted by molar-refractivity contribution is -0.137. The van der Waals surface area contributed by atoms with Crippen molar-refractivity contribution in [1.29, 1.82) is 0 Å². The smallest absolute Gasteiger partial charge is 0.343 e. The van der Waals surface area contributed by atoms with Crippen molar-refractivity contribution in [3.63, 3.8) is 0 Å². The lowest BCUT2D eigenvalue weighted by Crippen LogP contribution is -2.18. The predicted octanol–water partition coefficient (Wildman–Crippen LogP) is 11.1. The molecule has 62 heavy (non-hydrogen) atoms. The molecule has 0 fully saturated rings. The number of carbonyl (C=O) groups excluding carboxylic acids is 3. The summed E-state index contributed by atoms with van der Waals surface area (Å²) in [4.78, 5) is 43.3. The summed E-state index contributed by atoms with van der Waals surface area (Å²) >= 11 is 1.50. The van der Waals surface area contributed by atoms with Crippen LogP contribution < -0.4 is 19.2 Å². The normalized spacial score (nSPS) is 13.5. The Balaban J connectivity index is 1.15. The average Bonchev–Trinajstić information content (AvgIpc) is 3.75. The number of ether oxygens (including phenoxy) is 5. The average molecular weight is 856 g/mol. The van der Waals surface area contributed by atoms with Crippen molar-refractivity contribution in [3.8, 4) is 17.2 Å². The number of rotatable bonds is 24. The van der Waals surface area contributed by atoms with E-state index in [0.717, 1.165) is 74.1 Å². The molecule has 1 atom stereocenters. The number of allylic oxidation sites excluding steroid dienone is 1. The summed E-state index contributed by atoms with van der Waals surface area (Å²) in [6.07, 6.45) is 19.3. The molecule has 0 saturated carbocycles. The maximum absolute atomic E-state index is 13.8. The summed E-state index contributed by atoms with van der Waals surface area (Å²) in [5.74, 6) is -0.280. The first kappa shape index (κ1) is 45.2. The van der Waals surface area contributed by atoms with Crippen LogP contribution in [0.15, 0.2) is 133 Å². The van der Waals surface area contributed by atoms with Gasteiger partial charge in [0.1, 0.15) is 17.2 Å². The van der Waals surface area contributed by atoms with Gasteiger partial charge >= 0.3 is 17.9 Å². The van der Waals surface area contributed by atoms with Crippen molar-refractivity contribution in [2.45, 2.75) is 70.3 Å². The molecular weight excluding hydrogens is 803 g/mol. The molecular formula is C50H53N3O8S. The number of esters is 3. The SMILES string of the molecule is C=CCCCCCCOc1ccc(C(=O)Oc2cc(/C=N/N(C)c3nc4ccccc4s3)c(OC(=O)C3=CCC(OCCCCCCOC(=O)C=C)C=C3)c3ccccc23)cc1. The van der Waals surface area contributed by atoms with E-state index in [1.807, 2.05) is 66.8 Å². The summed E-state index contributed by atoms with van der Waals surface area (Å²) < 4.78 is 30.2. The highest BCUT2D eigenvalue weighted by Crippen LogP contribution is 2.38. The van der Waals surface area contributed by atoms with Crippen LogP contribution in [0.2, 0.25) is 0 Å². The van der Waals surface area contributed by atoms with E-state index in [1.54, 1.807) is 54.7 Å². The number of carbonyl (C=O) groups is 3. The van der Waals surface area contributed by atoms with Crippen LogP contribution in [0.3, 0.4) is 0 Å². The van der Waals surface area contributed by atoms with Crippen molar-refractivity contribution in [3.05, 3.63) is 139 Å². The molecule has 12 heteroatoms. The Morgan fingerprint density at radius 1 is 0.839 bits per heavy atom. The third-order valence-electron chi connectivity index (χ3n) is 10.1. The fourth-order valence-electron chi connectivity index (χ4n) is 6.66. The van der Waals surface area contributed by atoms with E-state index in [4.69, 9.17) is 33.8 Å². The number of unbranched alkanes of at least 4 members (excludes halogenated alkanes) is 7. The standard InChI is InChI=1S/C50H53N3O8S/c1-4-6-7-8-9-16-31-57-39-27-23-36(24-28-39)48(55)60-44-34-38(35-51-53(3)50-52-43-21-14-15-22-45(43)62-50)47(42-20-13-12-19-41(42)44)61-49(56)37-25-29-40(30-26-37)58-32-17-10-11-18-33-59-46(54)5-2/h4-5,12-15,19-29,34-35,40H,1-2,6-11,16-18,30-33H2,3H3/b51-35+. The minimum absolute atomic E-state index is 0.165. The Morgan fingerprint density at radius 2 is 1.56 bits per heavy atom. The Labute approximate surface area is 367 Å². The van der Waals surface area contributed by atoms with Crippen LogP contribution in [0.5, 0.6) is 17.2 Å². The fraction of sp³-hybridized carbons (Fsp3) is 0.300. The lowest BCUT2D eigenvalue weighted by Gasteiger charge is -2.18. The molecule has 0 bridgehead atoms. The Kier molecular flexibility index (Phi) is 17.2. The molecule has 5 aromatic rings. The van der Waals surface area contributed by atoms with Gasteiger partial charge in [-0.1, -0.05) is 91.8 Å². The zero-order valence-electron chi connectivity index (χ0n) is 35.2. The van der Waals surface area contributed by atoms with Gasteiger partial charge in [0.2, 0.25) is 5.13 Å². The number of hydrogen-bond donors (Lipinski definition) is 0. The number of anilines is 1. The second-order valence-corrected chi connectivity index (χ2v) is 15.7. The van der Waals surface area contributed by atoms with E-state index in [2.05, 4.69) is 13.2 Å². The molecule has 0 N–H and O–H groups in total. The van der Waals surface area contributed by atoms with E-state index in [0.29, 0.717) is 64.6 Å². The molecule has 1 aliphatic carbocycles. The molecule has 0 spiro atoms. The van der Waals surface area contributed by atoms with E-state index in [1.165, 1.54) is 11.3 Å². The molecule has 1 aliphatic rings. The van der Waals surface area contributed by atoms with Gasteiger partial charge in [0.15, 0.2) is 0 Å². The van der Waals surface area contributed by atoms with E-state index in [9.17, 15) is 14.4 Å². The molecule has 0 saturated heterocycles. The van der Waals surface area contributed by atoms with E-state index < -0.39 is 17.9 Å². The summed E-state index contributed by atoms with van der Waals surface area (Å²) in [5.41, 5.74) is 2.03. The Morgan fingerprint density at radius 3 is 2.31 bits per heavy atom. The second kappa shape index (κ2) is 23.6. The summed E-state index contributed by atoms with van der Waals surface area (Å²) in [6.45, 7) is 8.73. The van der Waals surface area contributed by atoms with Crippen molar-refractivity contribution >= 4 is 61.6 Å². The molecule has 4 aromatic carbocycles. The third kappa shape index (κ3) is 13.1. The van der Waals surface area contributed by atoms with Crippen molar-refractivity contribution < 1.29 is 38.1 Å². The Hall–Kier alpha value is -6.37. The van der Waals surface area contributed by atoms with Crippen LogP contribution in [-0.2, 0) is 19.1 Å². The quantitative estimate of drug-likeness (QED) is 0.0113. The summed E-state index contributed by atoms with van der Waals surface area (Å²) in [6, 6.07) is 23.7. The van der Waals surface area contributed by atoms with Crippen molar-refractivity contribution in [2.24, 2.45) is 5.10 Å². The number of hydrazone groups is 1. The molecule has 1 heterocycles. The van der Waals surface area contributed by atoms with Crippen LogP contribution in [0.1, 0.15) is 80.1 Å². The van der Waals surface area contributed by atoms with Gasteiger partial charge in [-0.15, -0.1) is 6.58 Å². The zero-order chi connectivity index (χ0) is 43.5. The first-order chi connectivity index (χ1) is 30.3. The number of hydrogen-bond acceptors (Lipinski definition) is 12. The van der Waals surface area contributed by atoms with E-state index >= 15 is 0 Å². The molecule has 1 aromatic heterocycles. The minimum Gasteiger partial charge on any atom is -0.494 e. The van der Waals surface area contributed by atoms with Crippen LogP contribution in [-0.4, -0.2) is 62.1 Å². The van der Waals surface area contributed by atoms with Gasteiger partial charge in [0.25, 0.3) is 0 Å². The second-order valence-electron chi connectivity index (χ2n) is 14.7. The third-order valence-corrected chi connectivity index (χ3v) is 11.2. The molecule has 6 rings (SSSR count). The number of para-hydroxylation sites is 1. The van der Waals surface area contributed by atoms with Gasteiger partial charge < -0.3 is 23.7 Å². The first-order valence-corrected chi connectivity index (χ1v) is 21.9. The van der Waals surface area contributed by atoms with Gasteiger partial charge in [0, 0.05) is 36.1 Å². The van der Waals surface area contributed by atoms with E-state index in [-0.39, 0.29) is 17.6 Å². The maximum atomic E-state index is 13.8. The zero-order valence-corrected chi connectivity index (χ0v) is 36.0. The highest BCUT2D eigenvalue weighted by atomic mass is 32.1. The lowest BCUT2D eigenvalue weighted by atomic mass is 10.0. The molecule has 11 nitrogen and oxygen atoms in total. The minimum atomic E-state index is -0.552. The number of nitrogens with zero attached hydrogens (tertiary/aromatic N) is 3. The molecule has 0 radical (unpaired) electrons. The molecule has 322 valence electrons. The highest BCUT2D eigenvalue weighted by Gasteiger charge is 2.22. The molecule has 0 amide bonds. The number of thiazole rings is 1. The molecule has 1 unspecified atom stereocenters. The van der Waals surface area contributed by atoms with Gasteiger partial charge in [-0.05, 0) is 93.5 Å². The summed E-state index contributed by atoms with van der Waals surface area (Å²) in [5, 5.41) is 8.16. The molecule has 0 aliphatic heterocycles. The van der Waals surface area contributed by atoms with Crippen molar-refractivity contribution in [2.75, 3.05) is 31.9 Å².